The first-order valence-corrected chi connectivity index (χ1v) is 7.13. The first-order valence-electron chi connectivity index (χ1n) is 7.13. The third kappa shape index (κ3) is 2.90. The average Bonchev–Trinajstić information content (AvgIpc) is 2.43. The van der Waals surface area contributed by atoms with Gasteiger partial charge in [-0.1, -0.05) is 0 Å². The van der Waals surface area contributed by atoms with Crippen molar-refractivity contribution >= 4 is 23.9 Å². The third-order valence-corrected chi connectivity index (χ3v) is 5.13. The zero-order valence-electron chi connectivity index (χ0n) is 11.7. The molecule has 0 spiro atoms. The van der Waals surface area contributed by atoms with E-state index in [0.717, 1.165) is 0 Å². The van der Waals surface area contributed by atoms with Gasteiger partial charge in [-0.25, -0.2) is 0 Å². The van der Waals surface area contributed by atoms with E-state index in [1.54, 1.807) is 0 Å². The molecule has 2 rings (SSSR count). The normalized spacial score (nSPS) is 37.8. The van der Waals surface area contributed by atoms with E-state index in [0.29, 0.717) is 0 Å². The van der Waals surface area contributed by atoms with E-state index in [9.17, 15) is 39.6 Å². The molecule has 8 heteroatoms. The maximum absolute atomic E-state index is 11.3. The molecule has 2 aliphatic rings. The molecular formula is C14H18O8. The summed E-state index contributed by atoms with van der Waals surface area (Å²) >= 11 is 0. The molecule has 0 aliphatic heterocycles. The van der Waals surface area contributed by atoms with Crippen molar-refractivity contribution < 1.29 is 39.6 Å². The Labute approximate surface area is 125 Å². The van der Waals surface area contributed by atoms with Crippen LogP contribution < -0.4 is 0 Å². The Morgan fingerprint density at radius 2 is 0.682 bits per heavy atom. The van der Waals surface area contributed by atoms with Gasteiger partial charge < -0.3 is 20.4 Å². The third-order valence-electron chi connectivity index (χ3n) is 5.13. The highest BCUT2D eigenvalue weighted by atomic mass is 16.4. The van der Waals surface area contributed by atoms with Gasteiger partial charge in [-0.2, -0.15) is 0 Å². The van der Waals surface area contributed by atoms with Gasteiger partial charge in [-0.3, -0.25) is 19.2 Å². The van der Waals surface area contributed by atoms with Crippen molar-refractivity contribution in [3.05, 3.63) is 0 Å². The van der Waals surface area contributed by atoms with Crippen LogP contribution in [0.4, 0.5) is 0 Å². The molecule has 0 aromatic rings. The van der Waals surface area contributed by atoms with Crippen molar-refractivity contribution in [2.24, 2.45) is 35.5 Å². The second-order valence-electron chi connectivity index (χ2n) is 6.24. The number of hydrogen-bond donors (Lipinski definition) is 4. The van der Waals surface area contributed by atoms with Crippen LogP contribution in [0.3, 0.4) is 0 Å². The monoisotopic (exact) mass is 314 g/mol. The molecule has 0 bridgehead atoms. The molecule has 2 fully saturated rings. The molecule has 0 radical (unpaired) electrons. The fourth-order valence-corrected chi connectivity index (χ4v) is 4.02. The Bertz CT molecular complexity index is 423. The minimum absolute atomic E-state index is 0.0904. The first kappa shape index (κ1) is 16.3. The smallest absolute Gasteiger partial charge is 0.307 e. The van der Waals surface area contributed by atoms with E-state index in [2.05, 4.69) is 0 Å². The number of hydrogen-bond acceptors (Lipinski definition) is 4. The Morgan fingerprint density at radius 1 is 0.500 bits per heavy atom. The van der Waals surface area contributed by atoms with Crippen molar-refractivity contribution in [1.29, 1.82) is 0 Å². The predicted octanol–water partition coefficient (Wildman–Crippen LogP) is 0.610. The first-order chi connectivity index (χ1) is 10.2. The maximum atomic E-state index is 11.3. The lowest BCUT2D eigenvalue weighted by Gasteiger charge is -2.44. The topological polar surface area (TPSA) is 149 Å². The second kappa shape index (κ2) is 5.94. The standard InChI is InChI=1S/C14H18O8/c15-11(16)7-1-5-2-9(13(19)20)10(14(21)22)4-6(5)3-8(7)12(17)18/h5-10H,1-4H2,(H,15,16)(H,17,18)(H,19,20)(H,21,22). The highest BCUT2D eigenvalue weighted by Gasteiger charge is 2.50. The van der Waals surface area contributed by atoms with Crippen LogP contribution in [0.25, 0.3) is 0 Å². The Kier molecular flexibility index (Phi) is 4.39. The highest BCUT2D eigenvalue weighted by molar-refractivity contribution is 5.81. The van der Waals surface area contributed by atoms with E-state index < -0.39 is 47.5 Å². The van der Waals surface area contributed by atoms with Crippen LogP contribution >= 0.6 is 0 Å². The molecule has 4 atom stereocenters. The molecule has 0 amide bonds. The van der Waals surface area contributed by atoms with Gasteiger partial charge in [-0.05, 0) is 37.5 Å². The summed E-state index contributed by atoms with van der Waals surface area (Å²) in [5.41, 5.74) is 0. The fraction of sp³-hybridized carbons (Fsp3) is 0.714. The van der Waals surface area contributed by atoms with Crippen LogP contribution in [-0.4, -0.2) is 44.3 Å². The zero-order valence-corrected chi connectivity index (χ0v) is 11.7. The van der Waals surface area contributed by atoms with Crippen molar-refractivity contribution in [1.82, 2.24) is 0 Å². The lowest BCUT2D eigenvalue weighted by molar-refractivity contribution is -0.165. The van der Waals surface area contributed by atoms with Crippen molar-refractivity contribution in [3.63, 3.8) is 0 Å². The summed E-state index contributed by atoms with van der Waals surface area (Å²) in [6.07, 6.45) is 0.361. The number of carbonyl (C=O) groups is 4. The summed E-state index contributed by atoms with van der Waals surface area (Å²) in [4.78, 5) is 45.0. The van der Waals surface area contributed by atoms with E-state index in [1.165, 1.54) is 0 Å². The van der Waals surface area contributed by atoms with Gasteiger partial charge in [0.15, 0.2) is 0 Å². The van der Waals surface area contributed by atoms with E-state index >= 15 is 0 Å². The summed E-state index contributed by atoms with van der Waals surface area (Å²) in [6, 6.07) is 0. The summed E-state index contributed by atoms with van der Waals surface area (Å²) in [5, 5.41) is 36.8. The van der Waals surface area contributed by atoms with Crippen molar-refractivity contribution in [2.45, 2.75) is 25.7 Å². The molecule has 4 unspecified atom stereocenters. The number of carboxylic acid groups (broad SMARTS) is 4. The number of rotatable bonds is 4. The van der Waals surface area contributed by atoms with E-state index in [4.69, 9.17) is 0 Å². The molecule has 0 saturated heterocycles. The quantitative estimate of drug-likeness (QED) is 0.589. The van der Waals surface area contributed by atoms with Crippen LogP contribution in [-0.2, 0) is 19.2 Å². The number of aliphatic carboxylic acids is 4. The van der Waals surface area contributed by atoms with Crippen molar-refractivity contribution in [2.75, 3.05) is 0 Å². The van der Waals surface area contributed by atoms with Crippen molar-refractivity contribution in [3.8, 4) is 0 Å². The van der Waals surface area contributed by atoms with Gasteiger partial charge in [0.1, 0.15) is 0 Å². The SMILES string of the molecule is O=C(O)C1CC2CC(C(=O)O)C(C(=O)O)CC2CC1C(=O)O. The number of fused-ring (bicyclic) bond motifs is 1. The van der Waals surface area contributed by atoms with Crippen LogP contribution in [0.5, 0.6) is 0 Å². The molecule has 2 aliphatic carbocycles. The predicted molar refractivity (Wildman–Crippen MR) is 70.0 cm³/mol. The summed E-state index contributed by atoms with van der Waals surface area (Å²) in [7, 11) is 0. The maximum Gasteiger partial charge on any atom is 0.307 e. The van der Waals surface area contributed by atoms with Crippen LogP contribution in [0.15, 0.2) is 0 Å². The molecule has 0 aromatic heterocycles. The molecular weight excluding hydrogens is 296 g/mol. The Morgan fingerprint density at radius 3 is 0.818 bits per heavy atom. The minimum atomic E-state index is -1.20. The van der Waals surface area contributed by atoms with Gasteiger partial charge in [0.05, 0.1) is 23.7 Å². The van der Waals surface area contributed by atoms with Gasteiger partial charge in [0.25, 0.3) is 0 Å². The summed E-state index contributed by atoms with van der Waals surface area (Å²) in [6.45, 7) is 0. The van der Waals surface area contributed by atoms with Crippen LogP contribution in [0.2, 0.25) is 0 Å². The van der Waals surface area contributed by atoms with Gasteiger partial charge in [-0.15, -0.1) is 0 Å². The molecule has 22 heavy (non-hydrogen) atoms. The van der Waals surface area contributed by atoms with E-state index in [-0.39, 0.29) is 37.5 Å². The minimum Gasteiger partial charge on any atom is -0.481 e. The summed E-state index contributed by atoms with van der Waals surface area (Å²) in [5.74, 6) is -9.48. The molecule has 2 saturated carbocycles. The van der Waals surface area contributed by atoms with Gasteiger partial charge >= 0.3 is 23.9 Å². The van der Waals surface area contributed by atoms with Crippen LogP contribution in [0, 0.1) is 35.5 Å². The molecule has 122 valence electrons. The summed E-state index contributed by atoms with van der Waals surface area (Å²) < 4.78 is 0. The second-order valence-corrected chi connectivity index (χ2v) is 6.24. The molecule has 4 N–H and O–H groups in total. The zero-order chi connectivity index (χ0) is 16.6. The van der Waals surface area contributed by atoms with Crippen LogP contribution in [0.1, 0.15) is 25.7 Å². The average molecular weight is 314 g/mol. The Balaban J connectivity index is 2.24. The highest BCUT2D eigenvalue weighted by Crippen LogP contribution is 2.49. The molecule has 8 nitrogen and oxygen atoms in total. The largest absolute Gasteiger partial charge is 0.481 e. The lowest BCUT2D eigenvalue weighted by atomic mass is 9.58. The Hall–Kier alpha value is -2.12. The fourth-order valence-electron chi connectivity index (χ4n) is 4.02. The molecule has 0 aromatic carbocycles. The molecule has 0 heterocycles. The van der Waals surface area contributed by atoms with E-state index in [1.807, 2.05) is 0 Å². The van der Waals surface area contributed by atoms with Gasteiger partial charge in [0, 0.05) is 0 Å². The van der Waals surface area contributed by atoms with Gasteiger partial charge in [0.2, 0.25) is 0 Å². The lowest BCUT2D eigenvalue weighted by Crippen LogP contribution is -2.46. The number of carboxylic acids is 4.